The van der Waals surface area contributed by atoms with Crippen LogP contribution in [0.3, 0.4) is 0 Å². The van der Waals surface area contributed by atoms with Crippen LogP contribution in [0, 0.1) is 0 Å². The van der Waals surface area contributed by atoms with Crippen LogP contribution in [-0.2, 0) is 16.0 Å². The van der Waals surface area contributed by atoms with E-state index in [0.717, 1.165) is 22.6 Å². The zero-order valence-electron chi connectivity index (χ0n) is 16.7. The topological polar surface area (TPSA) is 74.3 Å². The number of nitrogens with zero attached hydrogens (tertiary/aromatic N) is 2. The second kappa shape index (κ2) is 8.19. The quantitative estimate of drug-likeness (QED) is 0.394. The summed E-state index contributed by atoms with van der Waals surface area (Å²) < 4.78 is 73.9. The highest BCUT2D eigenvalue weighted by Gasteiger charge is 2.33. The molecule has 4 rings (SSSR count). The molecule has 0 atom stereocenters. The number of hydrogen-bond acceptors (Lipinski definition) is 5. The maximum absolute atomic E-state index is 12.9. The molecule has 0 bridgehead atoms. The molecule has 0 aliphatic rings. The molecule has 0 N–H and O–H groups in total. The van der Waals surface area contributed by atoms with Gasteiger partial charge in [-0.05, 0) is 42.0 Å². The van der Waals surface area contributed by atoms with Gasteiger partial charge in [0.2, 0.25) is 0 Å². The third-order valence-electron chi connectivity index (χ3n) is 4.54. The standard InChI is InChI=1S/C22H17F3N2O4S/c1-32(28,29)14-31-20-9-8-17(27-11-10-21(26-27)22(23,24)25)13-18(20)15-4-6-16(7-5-15)19-3-2-12-30-19/h2-13H,14H2,1H3. The zero-order chi connectivity index (χ0) is 22.9. The monoisotopic (exact) mass is 462 g/mol. The van der Waals surface area contributed by atoms with Gasteiger partial charge < -0.3 is 9.15 Å². The fraction of sp³-hybridized carbons (Fsp3) is 0.136. The Balaban J connectivity index is 1.75. The van der Waals surface area contributed by atoms with E-state index in [2.05, 4.69) is 5.10 Å². The van der Waals surface area contributed by atoms with E-state index in [-0.39, 0.29) is 5.75 Å². The van der Waals surface area contributed by atoms with Crippen molar-refractivity contribution in [2.24, 2.45) is 0 Å². The van der Waals surface area contributed by atoms with Crippen molar-refractivity contribution in [2.75, 3.05) is 12.2 Å². The molecule has 0 spiro atoms. The van der Waals surface area contributed by atoms with Crippen molar-refractivity contribution >= 4 is 9.84 Å². The van der Waals surface area contributed by atoms with E-state index in [4.69, 9.17) is 9.15 Å². The Morgan fingerprint density at radius 1 is 1.03 bits per heavy atom. The van der Waals surface area contributed by atoms with Gasteiger partial charge >= 0.3 is 6.18 Å². The molecule has 2 aromatic heterocycles. The summed E-state index contributed by atoms with van der Waals surface area (Å²) in [6, 6.07) is 16.3. The highest BCUT2D eigenvalue weighted by molar-refractivity contribution is 7.90. The molecule has 0 aliphatic carbocycles. The molecule has 0 saturated heterocycles. The number of rotatable bonds is 6. The first-order valence-corrected chi connectivity index (χ1v) is 11.4. The lowest BCUT2D eigenvalue weighted by Crippen LogP contribution is -2.10. The van der Waals surface area contributed by atoms with E-state index in [1.165, 1.54) is 18.3 Å². The summed E-state index contributed by atoms with van der Waals surface area (Å²) in [7, 11) is -3.41. The molecular formula is C22H17F3N2O4S. The number of alkyl halides is 3. The molecule has 4 aromatic rings. The van der Waals surface area contributed by atoms with Crippen molar-refractivity contribution in [1.82, 2.24) is 9.78 Å². The number of halogens is 3. The molecule has 0 saturated carbocycles. The fourth-order valence-electron chi connectivity index (χ4n) is 3.06. The van der Waals surface area contributed by atoms with Crippen LogP contribution in [0.25, 0.3) is 28.1 Å². The van der Waals surface area contributed by atoms with Crippen LogP contribution in [0.4, 0.5) is 13.2 Å². The molecule has 10 heteroatoms. The van der Waals surface area contributed by atoms with Crippen LogP contribution in [0.5, 0.6) is 5.75 Å². The van der Waals surface area contributed by atoms with Crippen LogP contribution in [0.15, 0.2) is 77.5 Å². The predicted octanol–water partition coefficient (Wildman–Crippen LogP) is 5.20. The number of hydrogen-bond donors (Lipinski definition) is 0. The molecule has 6 nitrogen and oxygen atoms in total. The van der Waals surface area contributed by atoms with Crippen LogP contribution in [0.1, 0.15) is 5.69 Å². The van der Waals surface area contributed by atoms with Gasteiger partial charge in [-0.1, -0.05) is 24.3 Å². The maximum atomic E-state index is 12.9. The van der Waals surface area contributed by atoms with Gasteiger partial charge in [-0.25, -0.2) is 13.1 Å². The Kier molecular flexibility index (Phi) is 5.55. The normalized spacial score (nSPS) is 12.1. The van der Waals surface area contributed by atoms with E-state index in [9.17, 15) is 21.6 Å². The predicted molar refractivity (Wildman–Crippen MR) is 112 cm³/mol. The van der Waals surface area contributed by atoms with E-state index in [1.54, 1.807) is 30.5 Å². The van der Waals surface area contributed by atoms with Gasteiger partial charge in [-0.2, -0.15) is 18.3 Å². The number of benzene rings is 2. The minimum absolute atomic E-state index is 0.271. The third kappa shape index (κ3) is 4.86. The molecule has 2 aromatic carbocycles. The van der Waals surface area contributed by atoms with Crippen LogP contribution in [-0.4, -0.2) is 30.4 Å². The summed E-state index contributed by atoms with van der Waals surface area (Å²) in [6.45, 7) is 0. The first-order chi connectivity index (χ1) is 15.1. The highest BCUT2D eigenvalue weighted by atomic mass is 32.2. The highest BCUT2D eigenvalue weighted by Crippen LogP contribution is 2.34. The van der Waals surface area contributed by atoms with E-state index >= 15 is 0 Å². The summed E-state index contributed by atoms with van der Waals surface area (Å²) in [5.74, 6) is 0.410. The van der Waals surface area contributed by atoms with Crippen molar-refractivity contribution in [1.29, 1.82) is 0 Å². The van der Waals surface area contributed by atoms with Gasteiger partial charge in [-0.15, -0.1) is 0 Å². The molecule has 166 valence electrons. The molecule has 32 heavy (non-hydrogen) atoms. The summed E-state index contributed by atoms with van der Waals surface area (Å²) in [4.78, 5) is 0. The SMILES string of the molecule is CS(=O)(=O)COc1ccc(-n2ccc(C(F)(F)F)n2)cc1-c1ccc(-c2ccco2)cc1. The first kappa shape index (κ1) is 21.7. The maximum Gasteiger partial charge on any atom is 0.435 e. The lowest BCUT2D eigenvalue weighted by atomic mass is 10.0. The van der Waals surface area contributed by atoms with Crippen LogP contribution < -0.4 is 4.74 Å². The Labute approximate surface area is 181 Å². The van der Waals surface area contributed by atoms with E-state index in [1.807, 2.05) is 18.2 Å². The smallest absolute Gasteiger partial charge is 0.435 e. The summed E-state index contributed by atoms with van der Waals surface area (Å²) >= 11 is 0. The van der Waals surface area contributed by atoms with Gasteiger partial charge in [0.25, 0.3) is 0 Å². The van der Waals surface area contributed by atoms with Crippen molar-refractivity contribution < 1.29 is 30.7 Å². The van der Waals surface area contributed by atoms with Gasteiger partial charge in [0, 0.05) is 23.6 Å². The second-order valence-electron chi connectivity index (χ2n) is 7.07. The summed E-state index contributed by atoms with van der Waals surface area (Å²) in [5.41, 5.74) is 1.35. The zero-order valence-corrected chi connectivity index (χ0v) is 17.5. The van der Waals surface area contributed by atoms with Crippen LogP contribution >= 0.6 is 0 Å². The lowest BCUT2D eigenvalue weighted by Gasteiger charge is -2.14. The van der Waals surface area contributed by atoms with Gasteiger partial charge in [0.05, 0.1) is 12.0 Å². The molecular weight excluding hydrogens is 445 g/mol. The van der Waals surface area contributed by atoms with Gasteiger partial charge in [-0.3, -0.25) is 0 Å². The molecule has 0 aliphatic heterocycles. The average Bonchev–Trinajstić information content (AvgIpc) is 3.44. The Morgan fingerprint density at radius 2 is 1.75 bits per heavy atom. The second-order valence-corrected chi connectivity index (χ2v) is 9.15. The molecule has 2 heterocycles. The van der Waals surface area contributed by atoms with Crippen molar-refractivity contribution in [2.45, 2.75) is 6.18 Å². The Morgan fingerprint density at radius 3 is 2.34 bits per heavy atom. The minimum atomic E-state index is -4.56. The first-order valence-electron chi connectivity index (χ1n) is 9.32. The number of sulfone groups is 1. The summed E-state index contributed by atoms with van der Waals surface area (Å²) in [5, 5.41) is 3.59. The third-order valence-corrected chi connectivity index (χ3v) is 5.08. The Bertz CT molecular complexity index is 1330. The van der Waals surface area contributed by atoms with Gasteiger partial charge in [0.1, 0.15) is 11.5 Å². The van der Waals surface area contributed by atoms with Gasteiger partial charge in [0.15, 0.2) is 21.5 Å². The fourth-order valence-corrected chi connectivity index (χ4v) is 3.40. The molecule has 0 radical (unpaired) electrons. The van der Waals surface area contributed by atoms with E-state index in [0.29, 0.717) is 22.6 Å². The molecule has 0 amide bonds. The average molecular weight is 462 g/mol. The van der Waals surface area contributed by atoms with E-state index < -0.39 is 27.6 Å². The van der Waals surface area contributed by atoms with Crippen LogP contribution in [0.2, 0.25) is 0 Å². The number of aromatic nitrogens is 2. The largest absolute Gasteiger partial charge is 0.477 e. The Hall–Kier alpha value is -3.53. The van der Waals surface area contributed by atoms with Crippen molar-refractivity contribution in [3.8, 4) is 33.9 Å². The van der Waals surface area contributed by atoms with Crippen molar-refractivity contribution in [3.63, 3.8) is 0 Å². The van der Waals surface area contributed by atoms with Crippen molar-refractivity contribution in [3.05, 3.63) is 78.8 Å². The lowest BCUT2D eigenvalue weighted by molar-refractivity contribution is -0.141. The summed E-state index contributed by atoms with van der Waals surface area (Å²) in [6.07, 6.45) is -0.752. The number of furan rings is 1. The minimum Gasteiger partial charge on any atom is -0.477 e. The molecule has 0 fully saturated rings. The number of ether oxygens (including phenoxy) is 1. The molecule has 0 unspecified atom stereocenters.